The summed E-state index contributed by atoms with van der Waals surface area (Å²) in [6.45, 7) is 1.67. The van der Waals surface area contributed by atoms with Crippen molar-refractivity contribution in [3.8, 4) is 0 Å². The molecule has 0 aliphatic rings. The molecule has 0 aromatic heterocycles. The quantitative estimate of drug-likeness (QED) is 0.615. The van der Waals surface area contributed by atoms with E-state index in [1.165, 1.54) is 6.08 Å². The molecule has 2 N–H and O–H groups in total. The van der Waals surface area contributed by atoms with E-state index in [2.05, 4.69) is 4.31 Å². The van der Waals surface area contributed by atoms with Crippen molar-refractivity contribution in [2.45, 2.75) is 6.92 Å². The zero-order chi connectivity index (χ0) is 16.7. The molecule has 0 spiro atoms. The zero-order valence-corrected chi connectivity index (χ0v) is 13.7. The van der Waals surface area contributed by atoms with E-state index in [-0.39, 0.29) is 6.16 Å². The van der Waals surface area contributed by atoms with Crippen LogP contribution in [-0.2, 0) is 24.0 Å². The molecule has 11 heteroatoms. The molecule has 1 rings (SSSR count). The van der Waals surface area contributed by atoms with Gasteiger partial charge in [0.1, 0.15) is 0 Å². The highest BCUT2D eigenvalue weighted by atomic mass is 32.2. The van der Waals surface area contributed by atoms with E-state index in [1.54, 1.807) is 13.0 Å². The highest BCUT2D eigenvalue weighted by Crippen LogP contribution is 2.49. The molecule has 21 heavy (non-hydrogen) atoms. The molecule has 0 saturated carbocycles. The Morgan fingerprint density at radius 2 is 1.48 bits per heavy atom. The lowest BCUT2D eigenvalue weighted by atomic mass is 10.4. The van der Waals surface area contributed by atoms with E-state index < -0.39 is 26.5 Å². The number of rotatable bonds is 4. The maximum absolute atomic E-state index is 10.7. The molecule has 0 radical (unpaired) electrons. The molecule has 0 amide bonds. The van der Waals surface area contributed by atoms with Gasteiger partial charge in [-0.15, -0.1) is 12.6 Å². The first-order chi connectivity index (χ1) is 9.71. The topological polar surface area (TPSA) is 135 Å². The van der Waals surface area contributed by atoms with Gasteiger partial charge >= 0.3 is 26.5 Å². The molecule has 2 atom stereocenters. The van der Waals surface area contributed by atoms with Gasteiger partial charge in [0.05, 0.1) is 6.16 Å². The smallest absolute Gasteiger partial charge is 0.326 e. The van der Waals surface area contributed by atoms with Crippen LogP contribution in [0.2, 0.25) is 0 Å². The number of benzene rings is 1. The average molecular weight is 358 g/mol. The lowest BCUT2D eigenvalue weighted by Gasteiger charge is -2.05. The third-order valence-corrected chi connectivity index (χ3v) is 3.90. The van der Waals surface area contributed by atoms with Gasteiger partial charge in [-0.1, -0.05) is 48.6 Å². The second-order valence-electron chi connectivity index (χ2n) is 3.11. The zero-order valence-electron chi connectivity index (χ0n) is 11.0. The first-order valence-electron chi connectivity index (χ1n) is 5.33. The Morgan fingerprint density at radius 1 is 1.14 bits per heavy atom. The van der Waals surface area contributed by atoms with Gasteiger partial charge in [-0.25, -0.2) is 4.31 Å². The first kappa shape index (κ1) is 22.2. The van der Waals surface area contributed by atoms with Crippen LogP contribution < -0.4 is 0 Å². The van der Waals surface area contributed by atoms with Crippen LogP contribution >= 0.6 is 15.9 Å². The highest BCUT2D eigenvalue weighted by molar-refractivity contribution is 7.59. The maximum atomic E-state index is 10.7. The molecule has 0 fully saturated rings. The van der Waals surface area contributed by atoms with Crippen molar-refractivity contribution >= 4 is 26.5 Å². The average Bonchev–Trinajstić information content (AvgIpc) is 2.37. The van der Waals surface area contributed by atoms with Crippen molar-refractivity contribution in [1.82, 2.24) is 0 Å². The minimum absolute atomic E-state index is 0.236. The van der Waals surface area contributed by atoms with Gasteiger partial charge in [-0.3, -0.25) is 9.13 Å². The fourth-order valence-electron chi connectivity index (χ4n) is 0.783. The highest BCUT2D eigenvalue weighted by Gasteiger charge is 2.19. The second-order valence-corrected chi connectivity index (χ2v) is 6.42. The van der Waals surface area contributed by atoms with Crippen molar-refractivity contribution in [3.05, 3.63) is 48.6 Å². The van der Waals surface area contributed by atoms with E-state index >= 15 is 0 Å². The normalized spacial score (nSPS) is 13.9. The van der Waals surface area contributed by atoms with Crippen LogP contribution in [-0.4, -0.2) is 28.6 Å². The van der Waals surface area contributed by atoms with E-state index in [4.69, 9.17) is 22.4 Å². The van der Waals surface area contributed by atoms with Gasteiger partial charge in [-0.05, 0) is 6.92 Å². The van der Waals surface area contributed by atoms with Crippen LogP contribution in [0.25, 0.3) is 0 Å². The van der Waals surface area contributed by atoms with Crippen molar-refractivity contribution in [2.24, 2.45) is 0 Å². The first-order valence-corrected chi connectivity index (χ1v) is 9.36. The Labute approximate surface area is 124 Å². The van der Waals surface area contributed by atoms with Crippen LogP contribution in [0.1, 0.15) is 6.92 Å². The van der Waals surface area contributed by atoms with Crippen LogP contribution in [0.15, 0.2) is 48.6 Å². The van der Waals surface area contributed by atoms with E-state index in [0.29, 0.717) is 0 Å². The van der Waals surface area contributed by atoms with Gasteiger partial charge < -0.3 is 9.79 Å². The summed E-state index contributed by atoms with van der Waals surface area (Å²) in [4.78, 5) is 16.9. The maximum Gasteiger partial charge on any atom is 0.425 e. The fourth-order valence-corrected chi connectivity index (χ4v) is 2.53. The van der Waals surface area contributed by atoms with E-state index in [1.807, 2.05) is 36.4 Å². The summed E-state index contributed by atoms with van der Waals surface area (Å²) in [5, 5.41) is 0. The summed E-state index contributed by atoms with van der Waals surface area (Å²) in [5.74, 6) is 0. The Kier molecular flexibility index (Phi) is 14.7. The monoisotopic (exact) mass is 358 g/mol. The van der Waals surface area contributed by atoms with Gasteiger partial charge in [0.15, 0.2) is 0 Å². The summed E-state index contributed by atoms with van der Waals surface area (Å²) in [6.07, 6.45) is 2.72. The molecule has 0 bridgehead atoms. The molecule has 1 aromatic rings. The predicted molar refractivity (Wildman–Crippen MR) is 78.0 cm³/mol. The van der Waals surface area contributed by atoms with Crippen molar-refractivity contribution in [3.63, 3.8) is 0 Å². The third kappa shape index (κ3) is 24.3. The summed E-state index contributed by atoms with van der Waals surface area (Å²) in [5.41, 5.74) is 0. The van der Waals surface area contributed by atoms with E-state index in [0.717, 1.165) is 0 Å². The molecule has 0 aliphatic heterocycles. The van der Waals surface area contributed by atoms with Gasteiger partial charge in [0.25, 0.3) is 0 Å². The second kappa shape index (κ2) is 13.9. The van der Waals surface area contributed by atoms with Gasteiger partial charge in [0, 0.05) is 0 Å². The number of allylic oxidation sites excluding steroid dienone is 2. The molecular weight excluding hydrogens is 342 g/mol. The molecule has 8 nitrogen and oxygen atoms in total. The van der Waals surface area contributed by atoms with Crippen LogP contribution in [0.4, 0.5) is 0 Å². The Morgan fingerprint density at radius 3 is 1.71 bits per heavy atom. The molecule has 2 unspecified atom stereocenters. The van der Waals surface area contributed by atoms with Gasteiger partial charge in [0.2, 0.25) is 0 Å². The molecule has 0 aliphatic carbocycles. The van der Waals surface area contributed by atoms with Crippen LogP contribution in [0.3, 0.4) is 0 Å². The van der Waals surface area contributed by atoms with Gasteiger partial charge in [-0.2, -0.15) is 0 Å². The Hall–Kier alpha value is -1.08. The summed E-state index contributed by atoms with van der Waals surface area (Å²) >= 11 is 0. The largest absolute Gasteiger partial charge is 0.425 e. The molecule has 120 valence electrons. The predicted octanol–water partition coefficient (Wildman–Crippen LogP) is 1.83. The summed E-state index contributed by atoms with van der Waals surface area (Å²) < 4.78 is 50.0. The van der Waals surface area contributed by atoms with E-state index in [9.17, 15) is 9.13 Å². The van der Waals surface area contributed by atoms with Crippen LogP contribution in [0.5, 0.6) is 0 Å². The molecule has 1 aromatic carbocycles. The fraction of sp³-hybridized carbons (Fsp3) is 0.200. The Balaban J connectivity index is 0. The molecule has 0 saturated heterocycles. The SMILES string of the molecule is CC=CCP(=O)(O)O[PH](=O)O.O=S(=O)=O.c1ccccc1. The lowest BCUT2D eigenvalue weighted by molar-refractivity contribution is 0.353. The summed E-state index contributed by atoms with van der Waals surface area (Å²) in [6, 6.07) is 12.0. The number of hydrogen-bond acceptors (Lipinski definition) is 6. The molecular formula is C10H16O8P2S. The Bertz CT molecular complexity index is 536. The molecule has 0 heterocycles. The number of hydrogen-bond donors (Lipinski definition) is 2. The standard InChI is InChI=1S/C6H6.C4H10O5P2.O3S/c1-2-4-6-5-3-1;1-2-3-4-11(7,8)9-10(5)6;1-4(2)3/h1-6H;2-3,10H,4H2,1H3,(H,5,6)(H,7,8);. The van der Waals surface area contributed by atoms with Crippen molar-refractivity contribution in [2.75, 3.05) is 6.16 Å². The minimum atomic E-state index is -3.87. The lowest BCUT2D eigenvalue weighted by Crippen LogP contribution is -1.85. The van der Waals surface area contributed by atoms with Crippen LogP contribution in [0, 0.1) is 0 Å². The minimum Gasteiger partial charge on any atom is -0.326 e. The summed E-state index contributed by atoms with van der Waals surface area (Å²) in [7, 11) is -10.3. The van der Waals surface area contributed by atoms with Crippen molar-refractivity contribution in [1.29, 1.82) is 0 Å². The van der Waals surface area contributed by atoms with Crippen molar-refractivity contribution < 1.29 is 35.9 Å². The third-order valence-electron chi connectivity index (χ3n) is 1.46.